The van der Waals surface area contributed by atoms with Crippen molar-refractivity contribution in [3.63, 3.8) is 0 Å². The number of aliphatic hydroxyl groups is 1. The van der Waals surface area contributed by atoms with Crippen LogP contribution in [0.3, 0.4) is 0 Å². The van der Waals surface area contributed by atoms with Gasteiger partial charge in [-0.1, -0.05) is 24.8 Å². The van der Waals surface area contributed by atoms with E-state index >= 15 is 0 Å². The maximum Gasteiger partial charge on any atom is 0.247 e. The van der Waals surface area contributed by atoms with Gasteiger partial charge in [-0.05, 0) is 38.0 Å². The van der Waals surface area contributed by atoms with Crippen molar-refractivity contribution < 1.29 is 14.7 Å². The van der Waals surface area contributed by atoms with Crippen molar-refractivity contribution in [3.05, 3.63) is 42.5 Å². The molecule has 1 aliphatic rings. The molecule has 2 rings (SSSR count). The lowest BCUT2D eigenvalue weighted by Crippen LogP contribution is -2.36. The number of nitrogens with one attached hydrogen (secondary N) is 1. The zero-order chi connectivity index (χ0) is 17.0. The van der Waals surface area contributed by atoms with Crippen molar-refractivity contribution >= 4 is 17.5 Å². The Bertz CT molecular complexity index is 605. The minimum absolute atomic E-state index is 0.0112. The lowest BCUT2D eigenvalue weighted by atomic mass is 9.90. The van der Waals surface area contributed by atoms with E-state index in [1.807, 2.05) is 18.2 Å². The number of nitrogens with zero attached hydrogens (tertiary/aromatic N) is 1. The zero-order valence-electron chi connectivity index (χ0n) is 13.7. The van der Waals surface area contributed by atoms with Crippen LogP contribution in [0.2, 0.25) is 0 Å². The molecule has 1 aromatic carbocycles. The van der Waals surface area contributed by atoms with Crippen LogP contribution in [-0.4, -0.2) is 40.5 Å². The minimum atomic E-state index is -0.773. The van der Waals surface area contributed by atoms with Crippen molar-refractivity contribution in [1.82, 2.24) is 4.90 Å². The predicted octanol–water partition coefficient (Wildman–Crippen LogP) is 1.97. The number of amides is 2. The third-order valence-electron chi connectivity index (χ3n) is 4.34. The summed E-state index contributed by atoms with van der Waals surface area (Å²) in [5, 5.41) is 12.8. The average molecular weight is 316 g/mol. The van der Waals surface area contributed by atoms with Crippen LogP contribution in [0.1, 0.15) is 25.8 Å². The van der Waals surface area contributed by atoms with E-state index in [1.54, 1.807) is 24.8 Å². The summed E-state index contributed by atoms with van der Waals surface area (Å²) in [5.41, 5.74) is 0.633. The van der Waals surface area contributed by atoms with Crippen LogP contribution < -0.4 is 5.32 Å². The topological polar surface area (TPSA) is 69.6 Å². The Hall–Kier alpha value is -2.14. The molecule has 0 aliphatic carbocycles. The highest BCUT2D eigenvalue weighted by atomic mass is 16.3. The summed E-state index contributed by atoms with van der Waals surface area (Å²) in [5.74, 6) is -0.188. The summed E-state index contributed by atoms with van der Waals surface area (Å²) >= 11 is 0. The Balaban J connectivity index is 2.04. The molecular formula is C18H24N2O3. The second kappa shape index (κ2) is 6.96. The second-order valence-electron chi connectivity index (χ2n) is 6.51. The smallest absolute Gasteiger partial charge is 0.247 e. The monoisotopic (exact) mass is 316 g/mol. The number of anilines is 1. The predicted molar refractivity (Wildman–Crippen MR) is 90.0 cm³/mol. The highest BCUT2D eigenvalue weighted by Gasteiger charge is 2.35. The number of likely N-dealkylation sites (tertiary alicyclic amines) is 1. The molecule has 0 saturated carbocycles. The van der Waals surface area contributed by atoms with Gasteiger partial charge in [0.15, 0.2) is 0 Å². The van der Waals surface area contributed by atoms with E-state index in [-0.39, 0.29) is 24.2 Å². The van der Waals surface area contributed by atoms with E-state index in [4.69, 9.17) is 0 Å². The number of hydrogen-bond acceptors (Lipinski definition) is 3. The molecule has 1 atom stereocenters. The highest BCUT2D eigenvalue weighted by molar-refractivity contribution is 5.99. The van der Waals surface area contributed by atoms with Crippen LogP contribution in [0, 0.1) is 5.92 Å². The lowest BCUT2D eigenvalue weighted by molar-refractivity contribution is -0.129. The summed E-state index contributed by atoms with van der Waals surface area (Å²) in [6.45, 7) is 8.23. The summed E-state index contributed by atoms with van der Waals surface area (Å²) in [4.78, 5) is 25.8. The molecule has 0 spiro atoms. The fourth-order valence-corrected chi connectivity index (χ4v) is 2.82. The molecule has 2 amide bonds. The van der Waals surface area contributed by atoms with Crippen molar-refractivity contribution in [3.8, 4) is 0 Å². The maximum atomic E-state index is 12.5. The van der Waals surface area contributed by atoms with Gasteiger partial charge in [0.05, 0.1) is 12.0 Å². The van der Waals surface area contributed by atoms with Crippen LogP contribution in [-0.2, 0) is 16.0 Å². The maximum absolute atomic E-state index is 12.5. The number of para-hydroxylation sites is 1. The average Bonchev–Trinajstić information content (AvgIpc) is 2.99. The first-order chi connectivity index (χ1) is 10.8. The van der Waals surface area contributed by atoms with Crippen LogP contribution in [0.25, 0.3) is 0 Å². The van der Waals surface area contributed by atoms with E-state index in [1.165, 1.54) is 6.08 Å². The van der Waals surface area contributed by atoms with Crippen LogP contribution in [0.4, 0.5) is 5.69 Å². The Morgan fingerprint density at radius 1 is 1.43 bits per heavy atom. The van der Waals surface area contributed by atoms with Crippen molar-refractivity contribution in [2.75, 3.05) is 18.4 Å². The number of rotatable bonds is 5. The molecule has 1 aromatic rings. The molecule has 1 heterocycles. The molecule has 0 bridgehead atoms. The standard InChI is InChI=1S/C18H24N2O3/c1-4-16(21)19-15-8-6-5-7-13(15)11-17(22)20-10-9-14(12-20)18(2,3)23/h4-8,14,23H,1,9-12H2,2-3H3,(H,19,21). The third-order valence-corrected chi connectivity index (χ3v) is 4.34. The molecule has 0 aromatic heterocycles. The Kier molecular flexibility index (Phi) is 5.21. The quantitative estimate of drug-likeness (QED) is 0.816. The van der Waals surface area contributed by atoms with Crippen LogP contribution in [0.15, 0.2) is 36.9 Å². The Morgan fingerprint density at radius 2 is 2.13 bits per heavy atom. The molecule has 1 saturated heterocycles. The first-order valence-corrected chi connectivity index (χ1v) is 7.82. The zero-order valence-corrected chi connectivity index (χ0v) is 13.7. The van der Waals surface area contributed by atoms with Gasteiger partial charge in [-0.2, -0.15) is 0 Å². The molecular weight excluding hydrogens is 292 g/mol. The molecule has 1 fully saturated rings. The van der Waals surface area contributed by atoms with Crippen molar-refractivity contribution in [2.24, 2.45) is 5.92 Å². The molecule has 23 heavy (non-hydrogen) atoms. The first-order valence-electron chi connectivity index (χ1n) is 7.82. The lowest BCUT2D eigenvalue weighted by Gasteiger charge is -2.25. The van der Waals surface area contributed by atoms with E-state index in [9.17, 15) is 14.7 Å². The van der Waals surface area contributed by atoms with Gasteiger partial charge >= 0.3 is 0 Å². The number of hydrogen-bond donors (Lipinski definition) is 2. The Morgan fingerprint density at radius 3 is 2.74 bits per heavy atom. The fourth-order valence-electron chi connectivity index (χ4n) is 2.82. The van der Waals surface area contributed by atoms with Crippen molar-refractivity contribution in [1.29, 1.82) is 0 Å². The first kappa shape index (κ1) is 17.2. The van der Waals surface area contributed by atoms with E-state index in [2.05, 4.69) is 11.9 Å². The van der Waals surface area contributed by atoms with Gasteiger partial charge in [-0.25, -0.2) is 0 Å². The van der Waals surface area contributed by atoms with Gasteiger partial charge < -0.3 is 15.3 Å². The summed E-state index contributed by atoms with van der Waals surface area (Å²) < 4.78 is 0. The van der Waals surface area contributed by atoms with Crippen LogP contribution in [0.5, 0.6) is 0 Å². The molecule has 0 radical (unpaired) electrons. The molecule has 1 aliphatic heterocycles. The molecule has 5 nitrogen and oxygen atoms in total. The highest BCUT2D eigenvalue weighted by Crippen LogP contribution is 2.28. The summed E-state index contributed by atoms with van der Waals surface area (Å²) in [6, 6.07) is 7.26. The minimum Gasteiger partial charge on any atom is -0.390 e. The van der Waals surface area contributed by atoms with Gasteiger partial charge in [-0.3, -0.25) is 9.59 Å². The van der Waals surface area contributed by atoms with Gasteiger partial charge in [0.25, 0.3) is 0 Å². The summed E-state index contributed by atoms with van der Waals surface area (Å²) in [7, 11) is 0. The largest absolute Gasteiger partial charge is 0.390 e. The van der Waals surface area contributed by atoms with Gasteiger partial charge in [0.2, 0.25) is 11.8 Å². The molecule has 2 N–H and O–H groups in total. The van der Waals surface area contributed by atoms with E-state index < -0.39 is 5.60 Å². The number of benzene rings is 1. The Labute approximate surface area is 137 Å². The van der Waals surface area contributed by atoms with E-state index in [0.717, 1.165) is 12.0 Å². The third kappa shape index (κ3) is 4.42. The van der Waals surface area contributed by atoms with Gasteiger partial charge in [0.1, 0.15) is 0 Å². The number of carbonyl (C=O) groups excluding carboxylic acids is 2. The van der Waals surface area contributed by atoms with Gasteiger partial charge in [-0.15, -0.1) is 0 Å². The molecule has 124 valence electrons. The SMILES string of the molecule is C=CC(=O)Nc1ccccc1CC(=O)N1CCC(C(C)(C)O)C1. The fraction of sp³-hybridized carbons (Fsp3) is 0.444. The van der Waals surface area contributed by atoms with Crippen LogP contribution >= 0.6 is 0 Å². The second-order valence-corrected chi connectivity index (χ2v) is 6.51. The number of carbonyl (C=O) groups is 2. The molecule has 1 unspecified atom stereocenters. The van der Waals surface area contributed by atoms with Gasteiger partial charge in [0, 0.05) is 24.7 Å². The van der Waals surface area contributed by atoms with E-state index in [0.29, 0.717) is 18.8 Å². The normalized spacial score (nSPS) is 17.9. The molecule has 5 heteroatoms. The summed E-state index contributed by atoms with van der Waals surface area (Å²) in [6.07, 6.45) is 2.24. The van der Waals surface area contributed by atoms with Crippen molar-refractivity contribution in [2.45, 2.75) is 32.3 Å².